The van der Waals surface area contributed by atoms with E-state index in [0.717, 1.165) is 12.1 Å². The third kappa shape index (κ3) is 5.20. The van der Waals surface area contributed by atoms with Gasteiger partial charge >= 0.3 is 0 Å². The maximum Gasteiger partial charge on any atom is 0.197 e. The van der Waals surface area contributed by atoms with Crippen molar-refractivity contribution >= 4 is 11.0 Å². The summed E-state index contributed by atoms with van der Waals surface area (Å²) >= 11 is 0. The molecule has 5 rings (SSSR count). The second-order valence-electron chi connectivity index (χ2n) is 10.1. The van der Waals surface area contributed by atoms with Crippen molar-refractivity contribution in [3.8, 4) is 28.6 Å². The first-order chi connectivity index (χ1) is 20.0. The normalized spacial score (nSPS) is 33.6. The molecule has 1 aromatic heterocycles. The van der Waals surface area contributed by atoms with Gasteiger partial charge in [0.05, 0.1) is 18.8 Å². The van der Waals surface area contributed by atoms with Crippen LogP contribution in [0.2, 0.25) is 0 Å². The van der Waals surface area contributed by atoms with E-state index >= 15 is 0 Å². The largest absolute Gasteiger partial charge is 0.508 e. The molecule has 228 valence electrons. The number of phenols is 3. The Hall–Kier alpha value is -3.35. The minimum Gasteiger partial charge on any atom is -0.508 e. The van der Waals surface area contributed by atoms with E-state index in [1.54, 1.807) is 0 Å². The molecule has 0 saturated carbocycles. The summed E-state index contributed by atoms with van der Waals surface area (Å²) in [5.74, 6) is -1.42. The van der Waals surface area contributed by atoms with Gasteiger partial charge in [-0.15, -0.1) is 0 Å². The van der Waals surface area contributed by atoms with E-state index in [4.69, 9.17) is 18.6 Å². The molecule has 0 aliphatic carbocycles. The summed E-state index contributed by atoms with van der Waals surface area (Å²) in [7, 11) is 0. The first kappa shape index (κ1) is 30.1. The van der Waals surface area contributed by atoms with Crippen molar-refractivity contribution in [3.05, 3.63) is 52.2 Å². The number of benzene rings is 2. The zero-order valence-corrected chi connectivity index (χ0v) is 21.7. The zero-order chi connectivity index (χ0) is 30.5. The molecule has 2 fully saturated rings. The highest BCUT2D eigenvalue weighted by atomic mass is 16.7. The van der Waals surface area contributed by atoms with Crippen LogP contribution in [0.3, 0.4) is 0 Å². The van der Waals surface area contributed by atoms with Crippen molar-refractivity contribution < 1.29 is 69.7 Å². The first-order valence-corrected chi connectivity index (χ1v) is 12.9. The van der Waals surface area contributed by atoms with Crippen LogP contribution in [0.25, 0.3) is 22.3 Å². The Morgan fingerprint density at radius 3 is 2.05 bits per heavy atom. The minimum absolute atomic E-state index is 0.0351. The summed E-state index contributed by atoms with van der Waals surface area (Å²) in [6.45, 7) is -1.60. The van der Waals surface area contributed by atoms with Crippen LogP contribution in [0.1, 0.15) is 11.7 Å². The Morgan fingerprint density at radius 1 is 0.738 bits per heavy atom. The van der Waals surface area contributed by atoms with Crippen molar-refractivity contribution in [1.29, 1.82) is 0 Å². The molecule has 2 saturated heterocycles. The monoisotopic (exact) mass is 594 g/mol. The highest BCUT2D eigenvalue weighted by molar-refractivity contribution is 5.89. The molecule has 3 heterocycles. The molecule has 42 heavy (non-hydrogen) atoms. The van der Waals surface area contributed by atoms with Gasteiger partial charge in [0.15, 0.2) is 17.3 Å². The molecule has 3 aromatic rings. The Bertz CT molecular complexity index is 1470. The summed E-state index contributed by atoms with van der Waals surface area (Å²) < 4.78 is 22.5. The average Bonchev–Trinajstić information content (AvgIpc) is 2.96. The molecule has 0 amide bonds. The molecule has 0 bridgehead atoms. The summed E-state index contributed by atoms with van der Waals surface area (Å²) in [6.07, 6.45) is -17.1. The Morgan fingerprint density at radius 2 is 1.40 bits per heavy atom. The third-order valence-corrected chi connectivity index (χ3v) is 7.44. The maximum atomic E-state index is 13.0. The van der Waals surface area contributed by atoms with Crippen LogP contribution < -0.4 is 5.43 Å². The molecule has 10 N–H and O–H groups in total. The van der Waals surface area contributed by atoms with Gasteiger partial charge in [-0.2, -0.15) is 0 Å². The van der Waals surface area contributed by atoms with Crippen LogP contribution in [0, 0.1) is 0 Å². The number of aliphatic hydroxyl groups is 7. The molecule has 2 aliphatic heterocycles. The molecule has 0 unspecified atom stereocenters. The lowest BCUT2D eigenvalue weighted by Crippen LogP contribution is -2.63. The fourth-order valence-electron chi connectivity index (χ4n) is 5.19. The fraction of sp³-hybridized carbons (Fsp3) is 0.444. The van der Waals surface area contributed by atoms with Gasteiger partial charge in [0.2, 0.25) is 0 Å². The number of aliphatic hydroxyl groups excluding tert-OH is 7. The number of rotatable bonds is 6. The van der Waals surface area contributed by atoms with Gasteiger partial charge < -0.3 is 69.7 Å². The predicted molar refractivity (Wildman–Crippen MR) is 138 cm³/mol. The van der Waals surface area contributed by atoms with E-state index in [2.05, 4.69) is 0 Å². The molecular formula is C27H30O15. The number of fused-ring (bicyclic) bond motifs is 1. The van der Waals surface area contributed by atoms with Gasteiger partial charge in [0, 0.05) is 17.7 Å². The molecule has 15 nitrogen and oxygen atoms in total. The van der Waals surface area contributed by atoms with E-state index in [1.165, 1.54) is 24.3 Å². The highest BCUT2D eigenvalue weighted by Gasteiger charge is 2.51. The van der Waals surface area contributed by atoms with Crippen LogP contribution in [0.15, 0.2) is 45.6 Å². The quantitative estimate of drug-likeness (QED) is 0.147. The lowest BCUT2D eigenvalue weighted by Gasteiger charge is -2.46. The Balaban J connectivity index is 1.53. The second-order valence-corrected chi connectivity index (χ2v) is 10.1. The van der Waals surface area contributed by atoms with Crippen LogP contribution in [-0.4, -0.2) is 119 Å². The van der Waals surface area contributed by atoms with Gasteiger partial charge in [0.25, 0.3) is 0 Å². The van der Waals surface area contributed by atoms with Crippen LogP contribution in [-0.2, 0) is 14.2 Å². The number of ether oxygens (including phenoxy) is 3. The standard InChI is InChI=1S/C27H30O15/c28-7-15-19(34)20(35)23(38)27(41-15)42-24-16(8-29)40-26(22(37)21(24)36)18-12(32)5-11(31)17-13(33)6-14(39-25(17)18)9-1-3-10(30)4-2-9/h1-6,15-16,19-24,26-32,34-38H,7-8H2/t15-,16-,19-,20+,21-,22-,23-,24-,26+,27+/m1/s1. The molecule has 15 heteroatoms. The van der Waals surface area contributed by atoms with Gasteiger partial charge in [-0.1, -0.05) is 0 Å². The van der Waals surface area contributed by atoms with Gasteiger partial charge in [-0.3, -0.25) is 4.79 Å². The van der Waals surface area contributed by atoms with E-state index in [1.807, 2.05) is 0 Å². The summed E-state index contributed by atoms with van der Waals surface area (Å²) in [5, 5.41) is 103. The van der Waals surface area contributed by atoms with E-state index in [9.17, 15) is 55.9 Å². The molecular weight excluding hydrogens is 564 g/mol. The fourth-order valence-corrected chi connectivity index (χ4v) is 5.19. The van der Waals surface area contributed by atoms with E-state index < -0.39 is 97.0 Å². The first-order valence-electron chi connectivity index (χ1n) is 12.9. The van der Waals surface area contributed by atoms with Crippen LogP contribution in [0.5, 0.6) is 17.2 Å². The van der Waals surface area contributed by atoms with Crippen LogP contribution >= 0.6 is 0 Å². The Kier molecular flexibility index (Phi) is 8.41. The average molecular weight is 595 g/mol. The molecule has 0 spiro atoms. The molecule has 2 aromatic carbocycles. The number of hydrogen-bond acceptors (Lipinski definition) is 15. The molecule has 0 radical (unpaired) electrons. The van der Waals surface area contributed by atoms with Crippen molar-refractivity contribution in [1.82, 2.24) is 0 Å². The Labute approximate surface area is 236 Å². The van der Waals surface area contributed by atoms with Crippen molar-refractivity contribution in [3.63, 3.8) is 0 Å². The lowest BCUT2D eigenvalue weighted by molar-refractivity contribution is -0.342. The van der Waals surface area contributed by atoms with Crippen LogP contribution in [0.4, 0.5) is 0 Å². The summed E-state index contributed by atoms with van der Waals surface area (Å²) in [5.41, 5.74) is -1.14. The van der Waals surface area contributed by atoms with Crippen molar-refractivity contribution in [2.24, 2.45) is 0 Å². The zero-order valence-electron chi connectivity index (χ0n) is 21.7. The predicted octanol–water partition coefficient (Wildman–Crippen LogP) is -2.08. The van der Waals surface area contributed by atoms with E-state index in [0.29, 0.717) is 5.56 Å². The summed E-state index contributed by atoms with van der Waals surface area (Å²) in [4.78, 5) is 13.0. The molecule has 10 atom stereocenters. The smallest absolute Gasteiger partial charge is 0.197 e. The lowest BCUT2D eigenvalue weighted by atomic mass is 9.89. The third-order valence-electron chi connectivity index (χ3n) is 7.44. The van der Waals surface area contributed by atoms with Gasteiger partial charge in [-0.25, -0.2) is 0 Å². The van der Waals surface area contributed by atoms with Crippen molar-refractivity contribution in [2.45, 2.75) is 61.2 Å². The molecule has 2 aliphatic rings. The number of aromatic hydroxyl groups is 3. The highest BCUT2D eigenvalue weighted by Crippen LogP contribution is 2.44. The second kappa shape index (κ2) is 11.7. The summed E-state index contributed by atoms with van der Waals surface area (Å²) in [6, 6.07) is 7.46. The number of hydrogen-bond donors (Lipinski definition) is 10. The van der Waals surface area contributed by atoms with Gasteiger partial charge in [-0.05, 0) is 24.3 Å². The minimum atomic E-state index is -1.94. The maximum absolute atomic E-state index is 13.0. The number of phenolic OH excluding ortho intramolecular Hbond substituents is 3. The topological polar surface area (TPSA) is 260 Å². The van der Waals surface area contributed by atoms with E-state index in [-0.39, 0.29) is 22.5 Å². The van der Waals surface area contributed by atoms with Gasteiger partial charge in [0.1, 0.15) is 83.3 Å². The SMILES string of the molecule is O=c1cc(-c2ccc(O)cc2)oc2c([C@@H]3O[C@H](CO)[C@@H](O[C@@H]4O[C@H](CO)[C@@H](O)[C@H](O)[C@H]4O)[C@H](O)[C@H]3O)c(O)cc(O)c12. The van der Waals surface area contributed by atoms with Crippen molar-refractivity contribution in [2.75, 3.05) is 13.2 Å².